The monoisotopic (exact) mass is 586 g/mol. The van der Waals surface area contributed by atoms with Crippen LogP contribution in [-0.4, -0.2) is 45.8 Å². The van der Waals surface area contributed by atoms with Gasteiger partial charge in [0.05, 0.1) is 28.5 Å². The summed E-state index contributed by atoms with van der Waals surface area (Å²) < 4.78 is 39.7. The van der Waals surface area contributed by atoms with E-state index in [1.54, 1.807) is 13.2 Å². The van der Waals surface area contributed by atoms with E-state index in [-0.39, 0.29) is 5.91 Å². The van der Waals surface area contributed by atoms with Crippen molar-refractivity contribution in [3.8, 4) is 11.3 Å². The van der Waals surface area contributed by atoms with E-state index in [1.165, 1.54) is 19.2 Å². The third-order valence-corrected chi connectivity index (χ3v) is 6.53. The van der Waals surface area contributed by atoms with Crippen molar-refractivity contribution in [2.75, 3.05) is 14.1 Å². The second-order valence-corrected chi connectivity index (χ2v) is 9.38. The predicted octanol–water partition coefficient (Wildman–Crippen LogP) is 6.10. The Morgan fingerprint density at radius 3 is 2.38 bits per heavy atom. The van der Waals surface area contributed by atoms with E-state index in [1.807, 2.05) is 24.3 Å². The molecule has 0 saturated heterocycles. The molecule has 4 rings (SSSR count). The van der Waals surface area contributed by atoms with E-state index in [9.17, 15) is 22.8 Å². The fraction of sp³-hybridized carbons (Fsp3) is 0.419. The molecule has 0 fully saturated rings. The maximum atomic E-state index is 12.5. The maximum Gasteiger partial charge on any atom is 0.416 e. The van der Waals surface area contributed by atoms with Crippen LogP contribution in [0.25, 0.3) is 22.3 Å². The molecule has 0 spiro atoms. The average molecular weight is 587 g/mol. The van der Waals surface area contributed by atoms with Gasteiger partial charge in [0, 0.05) is 39.3 Å². The first-order valence-electron chi connectivity index (χ1n) is 14.1. The minimum atomic E-state index is -4.32. The third kappa shape index (κ3) is 10.4. The number of aryl methyl sites for hydroxylation is 3. The maximum absolute atomic E-state index is 12.5. The molecule has 42 heavy (non-hydrogen) atoms. The van der Waals surface area contributed by atoms with E-state index >= 15 is 0 Å². The number of para-hydroxylation sites is 2. The summed E-state index contributed by atoms with van der Waals surface area (Å²) in [5, 5.41) is 2.64. The lowest BCUT2D eigenvalue weighted by atomic mass is 10.1. The number of rotatable bonds is 12. The molecule has 228 valence electrons. The number of carbonyl (C=O) groups excluding carboxylic acids is 2. The fourth-order valence-electron chi connectivity index (χ4n) is 4.33. The molecule has 2 heterocycles. The Kier molecular flexibility index (Phi) is 14.5. The fourth-order valence-corrected chi connectivity index (χ4v) is 4.33. The molecular formula is C31H41F3N6O2. The largest absolute Gasteiger partial charge is 0.416 e. The molecule has 0 bridgehead atoms. The van der Waals surface area contributed by atoms with Crippen LogP contribution in [0.2, 0.25) is 0 Å². The number of alkyl halides is 3. The number of nitrogens with two attached hydrogens (primary N) is 1. The lowest BCUT2D eigenvalue weighted by Crippen LogP contribution is -2.20. The Morgan fingerprint density at radius 1 is 1.05 bits per heavy atom. The Hall–Kier alpha value is -3.99. The van der Waals surface area contributed by atoms with Gasteiger partial charge in [-0.2, -0.15) is 13.2 Å². The predicted molar refractivity (Wildman–Crippen MR) is 160 cm³/mol. The van der Waals surface area contributed by atoms with Crippen molar-refractivity contribution in [3.63, 3.8) is 0 Å². The van der Waals surface area contributed by atoms with Crippen molar-refractivity contribution in [2.45, 2.75) is 71.0 Å². The van der Waals surface area contributed by atoms with Gasteiger partial charge in [0.2, 0.25) is 5.91 Å². The molecule has 0 saturated carbocycles. The number of aromatic nitrogens is 4. The topological polar surface area (TPSA) is 119 Å². The number of H-pyrrole nitrogens is 1. The summed E-state index contributed by atoms with van der Waals surface area (Å²) in [6, 6.07) is 13.1. The number of fused-ring (bicyclic) bond motifs is 1. The van der Waals surface area contributed by atoms with Crippen molar-refractivity contribution in [1.29, 1.82) is 0 Å². The number of hydrogen-bond donors (Lipinski definition) is 3. The summed E-state index contributed by atoms with van der Waals surface area (Å²) in [4.78, 5) is 33.5. The highest BCUT2D eigenvalue weighted by atomic mass is 19.4. The summed E-state index contributed by atoms with van der Waals surface area (Å²) in [6.07, 6.45) is 4.97. The van der Waals surface area contributed by atoms with Crippen LogP contribution in [0.15, 0.2) is 54.7 Å². The quantitative estimate of drug-likeness (QED) is 0.137. The first-order chi connectivity index (χ1) is 20.3. The molecule has 2 aromatic carbocycles. The van der Waals surface area contributed by atoms with Gasteiger partial charge in [-0.1, -0.05) is 44.0 Å². The van der Waals surface area contributed by atoms with Gasteiger partial charge in [0.15, 0.2) is 0 Å². The molecule has 0 aliphatic rings. The second-order valence-electron chi connectivity index (χ2n) is 9.38. The van der Waals surface area contributed by atoms with Gasteiger partial charge in [-0.3, -0.25) is 4.79 Å². The van der Waals surface area contributed by atoms with Crippen LogP contribution >= 0.6 is 0 Å². The summed E-state index contributed by atoms with van der Waals surface area (Å²) in [5.41, 5.74) is 7.35. The molecule has 2 aromatic heterocycles. The van der Waals surface area contributed by atoms with Gasteiger partial charge >= 0.3 is 6.18 Å². The Morgan fingerprint density at radius 2 is 1.74 bits per heavy atom. The number of nitrogens with one attached hydrogen (secondary N) is 2. The Balaban J connectivity index is 0.000000288. The van der Waals surface area contributed by atoms with Crippen LogP contribution in [0.3, 0.4) is 0 Å². The van der Waals surface area contributed by atoms with Crippen molar-refractivity contribution in [2.24, 2.45) is 5.73 Å². The number of hydrogen-bond acceptors (Lipinski definition) is 5. The number of imidazole rings is 2. The minimum Gasteiger partial charge on any atom is -0.359 e. The van der Waals surface area contributed by atoms with Crippen LogP contribution in [0, 0.1) is 0 Å². The number of amides is 1. The van der Waals surface area contributed by atoms with Crippen molar-refractivity contribution in [3.05, 3.63) is 71.9 Å². The molecular weight excluding hydrogens is 545 g/mol. The number of halogens is 3. The zero-order valence-electron chi connectivity index (χ0n) is 24.5. The highest BCUT2D eigenvalue weighted by Gasteiger charge is 2.30. The molecule has 11 heteroatoms. The van der Waals surface area contributed by atoms with Crippen LogP contribution in [0.5, 0.6) is 0 Å². The van der Waals surface area contributed by atoms with Crippen LogP contribution in [-0.2, 0) is 35.2 Å². The second kappa shape index (κ2) is 17.7. The van der Waals surface area contributed by atoms with Crippen molar-refractivity contribution >= 4 is 23.2 Å². The van der Waals surface area contributed by atoms with E-state index in [2.05, 4.69) is 37.5 Å². The highest BCUT2D eigenvalue weighted by Crippen LogP contribution is 2.30. The van der Waals surface area contributed by atoms with Gasteiger partial charge in [0.1, 0.15) is 17.9 Å². The first-order valence-corrected chi connectivity index (χ1v) is 14.1. The molecule has 8 nitrogen and oxygen atoms in total. The molecule has 0 radical (unpaired) electrons. The number of carbonyl (C=O) groups is 2. The third-order valence-electron chi connectivity index (χ3n) is 6.53. The van der Waals surface area contributed by atoms with E-state index in [0.717, 1.165) is 85.3 Å². The summed E-state index contributed by atoms with van der Waals surface area (Å²) in [6.45, 7) is 2.76. The van der Waals surface area contributed by atoms with Crippen LogP contribution in [0.4, 0.5) is 13.2 Å². The van der Waals surface area contributed by atoms with E-state index < -0.39 is 11.7 Å². The number of aldehydes is 1. The highest BCUT2D eigenvalue weighted by molar-refractivity contribution is 5.77. The Labute approximate surface area is 244 Å². The van der Waals surface area contributed by atoms with Crippen LogP contribution in [0.1, 0.15) is 62.7 Å². The summed E-state index contributed by atoms with van der Waals surface area (Å²) >= 11 is 0. The van der Waals surface area contributed by atoms with Gasteiger partial charge < -0.3 is 25.4 Å². The van der Waals surface area contributed by atoms with Gasteiger partial charge in [-0.15, -0.1) is 0 Å². The number of nitrogens with zero attached hydrogens (tertiary/aromatic N) is 3. The number of unbranched alkanes of at least 4 members (excludes halogenated alkanes) is 4. The summed E-state index contributed by atoms with van der Waals surface area (Å²) in [7, 11) is 3.16. The van der Waals surface area contributed by atoms with E-state index in [0.29, 0.717) is 24.9 Å². The number of aromatic amines is 1. The minimum absolute atomic E-state index is 0.0600. The van der Waals surface area contributed by atoms with E-state index in [4.69, 9.17) is 0 Å². The normalized spacial score (nSPS) is 10.8. The zero-order valence-corrected chi connectivity index (χ0v) is 24.5. The van der Waals surface area contributed by atoms with Crippen molar-refractivity contribution in [1.82, 2.24) is 24.8 Å². The molecule has 0 aliphatic heterocycles. The lowest BCUT2D eigenvalue weighted by molar-refractivity contribution is -0.137. The summed E-state index contributed by atoms with van der Waals surface area (Å²) in [5.74, 6) is 1.93. The van der Waals surface area contributed by atoms with Crippen LogP contribution < -0.4 is 11.1 Å². The standard InChI is InChI=1S/C17H19F3N2O.C13H17N3O.CH5N/c18-17(19,20)14-9-7-13(8-10-14)15-12-21-16(22-15)6-4-2-1-3-5-11-23;1-3-12-15-10-6-4-5-7-11(10)16(12)9-8-13(17)14-2;1-2/h7-12H,1-6H2,(H,21,22);4-7H,3,8-9H2,1-2H3,(H,14,17);2H2,1H3. The zero-order chi connectivity index (χ0) is 31.0. The Bertz CT molecular complexity index is 1360. The van der Waals surface area contributed by atoms with Gasteiger partial charge in [0.25, 0.3) is 0 Å². The molecule has 4 N–H and O–H groups in total. The average Bonchev–Trinajstić information content (AvgIpc) is 3.63. The molecule has 0 unspecified atom stereocenters. The smallest absolute Gasteiger partial charge is 0.359 e. The molecule has 1 amide bonds. The lowest BCUT2D eigenvalue weighted by Gasteiger charge is -2.07. The molecule has 0 aliphatic carbocycles. The van der Waals surface area contributed by atoms with Crippen molar-refractivity contribution < 1.29 is 22.8 Å². The van der Waals surface area contributed by atoms with Gasteiger partial charge in [-0.05, 0) is 49.7 Å². The first kappa shape index (κ1) is 34.2. The number of benzene rings is 2. The molecule has 0 atom stereocenters. The molecule has 4 aromatic rings. The SMILES string of the molecule is CCc1nc2ccccc2n1CCC(=O)NC.CN.O=CCCCCCCc1ncc(-c2ccc(C(F)(F)F)cc2)[nH]1. The van der Waals surface area contributed by atoms with Gasteiger partial charge in [-0.25, -0.2) is 9.97 Å².